The number of methoxy groups -OCH3 is 1. The van der Waals surface area contributed by atoms with Crippen molar-refractivity contribution in [1.29, 1.82) is 0 Å². The normalized spacial score (nSPS) is 22.0. The Labute approximate surface area is 131 Å². The van der Waals surface area contributed by atoms with E-state index in [4.69, 9.17) is 4.74 Å². The molecule has 0 saturated carbocycles. The van der Waals surface area contributed by atoms with Crippen molar-refractivity contribution in [3.05, 3.63) is 59.4 Å². The van der Waals surface area contributed by atoms with Crippen LogP contribution in [0, 0.1) is 6.92 Å². The van der Waals surface area contributed by atoms with Crippen molar-refractivity contribution in [2.45, 2.75) is 32.0 Å². The van der Waals surface area contributed by atoms with Gasteiger partial charge < -0.3 is 9.84 Å². The zero-order valence-electron chi connectivity index (χ0n) is 13.1. The molecule has 3 rings (SSSR count). The van der Waals surface area contributed by atoms with E-state index < -0.39 is 0 Å². The molecule has 2 unspecified atom stereocenters. The highest BCUT2D eigenvalue weighted by Gasteiger charge is 2.32. The molecule has 1 saturated heterocycles. The van der Waals surface area contributed by atoms with Gasteiger partial charge in [0.25, 0.3) is 0 Å². The van der Waals surface area contributed by atoms with Gasteiger partial charge in [-0.05, 0) is 42.7 Å². The smallest absolute Gasteiger partial charge is 0.119 e. The first-order valence-electron chi connectivity index (χ1n) is 7.64. The van der Waals surface area contributed by atoms with Crippen molar-refractivity contribution in [1.82, 2.24) is 9.88 Å². The third kappa shape index (κ3) is 3.13. The minimum Gasteiger partial charge on any atom is -0.497 e. The molecule has 1 aromatic carbocycles. The molecule has 0 spiro atoms. The number of aryl methyl sites for hydroxylation is 1. The van der Waals surface area contributed by atoms with Gasteiger partial charge in [0.2, 0.25) is 0 Å². The van der Waals surface area contributed by atoms with Crippen LogP contribution in [-0.4, -0.2) is 34.7 Å². The van der Waals surface area contributed by atoms with E-state index in [-0.39, 0.29) is 12.1 Å². The van der Waals surface area contributed by atoms with Gasteiger partial charge in [0.1, 0.15) is 5.75 Å². The van der Waals surface area contributed by atoms with Crippen LogP contribution in [0.1, 0.15) is 29.3 Å². The fourth-order valence-electron chi connectivity index (χ4n) is 3.15. The number of aromatic nitrogens is 1. The molecule has 4 nitrogen and oxygen atoms in total. The maximum Gasteiger partial charge on any atom is 0.119 e. The van der Waals surface area contributed by atoms with Crippen LogP contribution in [0.5, 0.6) is 5.75 Å². The first-order valence-corrected chi connectivity index (χ1v) is 7.64. The SMILES string of the molecule is COc1cccc(C2CC(O)CN2Cc2cccnc2C)c1. The summed E-state index contributed by atoms with van der Waals surface area (Å²) < 4.78 is 5.32. The number of benzene rings is 1. The van der Waals surface area contributed by atoms with Gasteiger partial charge in [-0.25, -0.2) is 0 Å². The number of likely N-dealkylation sites (tertiary alicyclic amines) is 1. The largest absolute Gasteiger partial charge is 0.497 e. The van der Waals surface area contributed by atoms with Crippen LogP contribution < -0.4 is 4.74 Å². The predicted octanol–water partition coefficient (Wildman–Crippen LogP) is 2.71. The quantitative estimate of drug-likeness (QED) is 0.942. The van der Waals surface area contributed by atoms with Gasteiger partial charge in [0.05, 0.1) is 13.2 Å². The molecule has 2 aromatic rings. The molecular weight excluding hydrogens is 276 g/mol. The highest BCUT2D eigenvalue weighted by molar-refractivity contribution is 5.31. The Morgan fingerprint density at radius 2 is 2.18 bits per heavy atom. The molecule has 0 radical (unpaired) electrons. The molecule has 2 atom stereocenters. The number of pyridine rings is 1. The monoisotopic (exact) mass is 298 g/mol. The number of ether oxygens (including phenoxy) is 1. The molecule has 1 aromatic heterocycles. The van der Waals surface area contributed by atoms with E-state index >= 15 is 0 Å². The van der Waals surface area contributed by atoms with Crippen molar-refractivity contribution in [2.24, 2.45) is 0 Å². The third-order valence-corrected chi connectivity index (χ3v) is 4.35. The Kier molecular flexibility index (Phi) is 4.41. The summed E-state index contributed by atoms with van der Waals surface area (Å²) in [6.45, 7) is 3.53. The topological polar surface area (TPSA) is 45.6 Å². The van der Waals surface area contributed by atoms with Crippen LogP contribution in [0.2, 0.25) is 0 Å². The lowest BCUT2D eigenvalue weighted by atomic mass is 10.0. The van der Waals surface area contributed by atoms with Gasteiger partial charge in [-0.2, -0.15) is 0 Å². The van der Waals surface area contributed by atoms with E-state index in [0.717, 1.165) is 24.4 Å². The zero-order chi connectivity index (χ0) is 15.5. The second-order valence-electron chi connectivity index (χ2n) is 5.86. The van der Waals surface area contributed by atoms with E-state index in [1.165, 1.54) is 11.1 Å². The minimum atomic E-state index is -0.284. The molecule has 0 bridgehead atoms. The minimum absolute atomic E-state index is 0.213. The van der Waals surface area contributed by atoms with Gasteiger partial charge in [-0.1, -0.05) is 18.2 Å². The molecule has 1 aliphatic rings. The van der Waals surface area contributed by atoms with E-state index in [0.29, 0.717) is 6.54 Å². The van der Waals surface area contributed by atoms with Crippen molar-refractivity contribution in [3.63, 3.8) is 0 Å². The number of hydrogen-bond acceptors (Lipinski definition) is 4. The van der Waals surface area contributed by atoms with Gasteiger partial charge in [-0.15, -0.1) is 0 Å². The van der Waals surface area contributed by atoms with E-state index in [2.05, 4.69) is 28.1 Å². The molecule has 1 fully saturated rings. The molecule has 1 aliphatic heterocycles. The zero-order valence-corrected chi connectivity index (χ0v) is 13.1. The standard InChI is InChI=1S/C18H22N2O2/c1-13-15(6-4-8-19-13)11-20-12-16(21)10-18(20)14-5-3-7-17(9-14)22-2/h3-9,16,18,21H,10-12H2,1-2H3. The maximum atomic E-state index is 10.1. The fraction of sp³-hybridized carbons (Fsp3) is 0.389. The predicted molar refractivity (Wildman–Crippen MR) is 85.7 cm³/mol. The average Bonchev–Trinajstić information content (AvgIpc) is 2.90. The van der Waals surface area contributed by atoms with E-state index in [9.17, 15) is 5.11 Å². The summed E-state index contributed by atoms with van der Waals surface area (Å²) >= 11 is 0. The summed E-state index contributed by atoms with van der Waals surface area (Å²) in [5.74, 6) is 0.858. The van der Waals surface area contributed by atoms with E-state index in [1.54, 1.807) is 7.11 Å². The molecule has 2 heterocycles. The molecule has 0 aliphatic carbocycles. The maximum absolute atomic E-state index is 10.1. The molecule has 1 N–H and O–H groups in total. The third-order valence-electron chi connectivity index (χ3n) is 4.35. The van der Waals surface area contributed by atoms with Gasteiger partial charge in [0.15, 0.2) is 0 Å². The Hall–Kier alpha value is -1.91. The number of nitrogens with zero attached hydrogens (tertiary/aromatic N) is 2. The first kappa shape index (κ1) is 15.0. The molecule has 116 valence electrons. The summed E-state index contributed by atoms with van der Waals surface area (Å²) in [6.07, 6.45) is 2.29. The Morgan fingerprint density at radius 3 is 2.95 bits per heavy atom. The van der Waals surface area contributed by atoms with Crippen molar-refractivity contribution in [3.8, 4) is 5.75 Å². The van der Waals surface area contributed by atoms with Crippen LogP contribution in [0.3, 0.4) is 0 Å². The number of aliphatic hydroxyl groups excluding tert-OH is 1. The average molecular weight is 298 g/mol. The number of rotatable bonds is 4. The second-order valence-corrected chi connectivity index (χ2v) is 5.86. The van der Waals surface area contributed by atoms with Gasteiger partial charge in [0, 0.05) is 31.0 Å². The van der Waals surface area contributed by atoms with Crippen molar-refractivity contribution >= 4 is 0 Å². The van der Waals surface area contributed by atoms with Crippen molar-refractivity contribution in [2.75, 3.05) is 13.7 Å². The summed E-state index contributed by atoms with van der Waals surface area (Å²) in [6, 6.07) is 12.4. The highest BCUT2D eigenvalue weighted by Crippen LogP contribution is 2.34. The van der Waals surface area contributed by atoms with Crippen LogP contribution in [0.15, 0.2) is 42.6 Å². The molecular formula is C18H22N2O2. The van der Waals surface area contributed by atoms with Gasteiger partial charge >= 0.3 is 0 Å². The fourth-order valence-corrected chi connectivity index (χ4v) is 3.15. The van der Waals surface area contributed by atoms with Crippen LogP contribution >= 0.6 is 0 Å². The van der Waals surface area contributed by atoms with Gasteiger partial charge in [-0.3, -0.25) is 9.88 Å². The summed E-state index contributed by atoms with van der Waals surface area (Å²) in [4.78, 5) is 6.68. The summed E-state index contributed by atoms with van der Waals surface area (Å²) in [5.41, 5.74) is 3.45. The Balaban J connectivity index is 1.84. The van der Waals surface area contributed by atoms with Crippen LogP contribution in [0.4, 0.5) is 0 Å². The Bertz CT molecular complexity index is 644. The summed E-state index contributed by atoms with van der Waals surface area (Å²) in [7, 11) is 1.68. The number of hydrogen-bond donors (Lipinski definition) is 1. The molecule has 22 heavy (non-hydrogen) atoms. The van der Waals surface area contributed by atoms with Crippen molar-refractivity contribution < 1.29 is 9.84 Å². The second kappa shape index (κ2) is 6.46. The molecule has 0 amide bonds. The van der Waals surface area contributed by atoms with Crippen LogP contribution in [-0.2, 0) is 6.54 Å². The van der Waals surface area contributed by atoms with E-state index in [1.807, 2.05) is 31.3 Å². The lowest BCUT2D eigenvalue weighted by molar-refractivity contribution is 0.172. The summed E-state index contributed by atoms with van der Waals surface area (Å²) in [5, 5.41) is 10.1. The highest BCUT2D eigenvalue weighted by atomic mass is 16.5. The molecule has 4 heteroatoms. The lowest BCUT2D eigenvalue weighted by Crippen LogP contribution is -2.24. The lowest BCUT2D eigenvalue weighted by Gasteiger charge is -2.25. The number of aliphatic hydroxyl groups is 1. The Morgan fingerprint density at radius 1 is 1.32 bits per heavy atom. The first-order chi connectivity index (χ1) is 10.7. The van der Waals surface area contributed by atoms with Crippen LogP contribution in [0.25, 0.3) is 0 Å². The number of β-amino-alcohol motifs (C(OH)–C–C–N with tert-alkyl or cyclic N) is 1.